The number of amides is 1. The molecule has 0 heterocycles. The van der Waals surface area contributed by atoms with Gasteiger partial charge in [0.1, 0.15) is 6.29 Å². The van der Waals surface area contributed by atoms with Crippen molar-refractivity contribution in [1.82, 2.24) is 0 Å². The molecule has 0 saturated heterocycles. The van der Waals surface area contributed by atoms with Crippen molar-refractivity contribution in [2.24, 2.45) is 0 Å². The van der Waals surface area contributed by atoms with Crippen molar-refractivity contribution >= 4 is 35.5 Å². The first-order valence-electron chi connectivity index (χ1n) is 9.59. The Labute approximate surface area is 180 Å². The summed E-state index contributed by atoms with van der Waals surface area (Å²) in [5.41, 5.74) is 1.00. The van der Waals surface area contributed by atoms with Crippen molar-refractivity contribution in [3.8, 4) is 11.5 Å². The number of ether oxygens (including phenoxy) is 3. The van der Waals surface area contributed by atoms with Gasteiger partial charge >= 0.3 is 5.97 Å². The molecule has 0 aliphatic rings. The van der Waals surface area contributed by atoms with E-state index >= 15 is 0 Å². The monoisotopic (exact) mass is 433 g/mol. The van der Waals surface area contributed by atoms with Crippen LogP contribution in [-0.2, 0) is 9.53 Å². The Bertz CT molecular complexity index is 899. The summed E-state index contributed by atoms with van der Waals surface area (Å²) >= 11 is 6.08. The van der Waals surface area contributed by atoms with E-state index in [0.29, 0.717) is 42.2 Å². The van der Waals surface area contributed by atoms with E-state index in [1.54, 1.807) is 31.2 Å². The summed E-state index contributed by atoms with van der Waals surface area (Å²) in [5, 5.41) is 2.89. The highest BCUT2D eigenvalue weighted by atomic mass is 35.5. The van der Waals surface area contributed by atoms with Gasteiger partial charge < -0.3 is 19.5 Å². The van der Waals surface area contributed by atoms with Crippen LogP contribution in [0.1, 0.15) is 47.4 Å². The van der Waals surface area contributed by atoms with Crippen LogP contribution < -0.4 is 14.8 Å². The van der Waals surface area contributed by atoms with Crippen LogP contribution in [0.4, 0.5) is 5.69 Å². The topological polar surface area (TPSA) is 90.9 Å². The average molecular weight is 434 g/mol. The van der Waals surface area contributed by atoms with Crippen molar-refractivity contribution in [2.45, 2.75) is 26.7 Å². The Morgan fingerprint density at radius 2 is 1.87 bits per heavy atom. The molecular formula is C22H24ClNO6. The van der Waals surface area contributed by atoms with Crippen molar-refractivity contribution in [3.63, 3.8) is 0 Å². The Morgan fingerprint density at radius 3 is 2.57 bits per heavy atom. The summed E-state index contributed by atoms with van der Waals surface area (Å²) in [6.07, 6.45) is 2.36. The third kappa shape index (κ3) is 6.77. The number of halogens is 1. The summed E-state index contributed by atoms with van der Waals surface area (Å²) in [6.45, 7) is 4.19. The maximum Gasteiger partial charge on any atom is 0.339 e. The van der Waals surface area contributed by atoms with Gasteiger partial charge in [0.15, 0.2) is 18.1 Å². The van der Waals surface area contributed by atoms with Gasteiger partial charge in [-0.25, -0.2) is 4.79 Å². The lowest BCUT2D eigenvalue weighted by Gasteiger charge is -2.13. The van der Waals surface area contributed by atoms with E-state index in [2.05, 4.69) is 5.32 Å². The van der Waals surface area contributed by atoms with E-state index < -0.39 is 11.9 Å². The molecular weight excluding hydrogens is 410 g/mol. The quantitative estimate of drug-likeness (QED) is 0.318. The molecule has 7 nitrogen and oxygen atoms in total. The smallest absolute Gasteiger partial charge is 0.339 e. The maximum absolute atomic E-state index is 12.3. The zero-order chi connectivity index (χ0) is 21.9. The van der Waals surface area contributed by atoms with Crippen molar-refractivity contribution < 1.29 is 28.6 Å². The fourth-order valence-electron chi connectivity index (χ4n) is 2.47. The Kier molecular flexibility index (Phi) is 9.15. The van der Waals surface area contributed by atoms with E-state index in [-0.39, 0.29) is 17.2 Å². The molecule has 160 valence electrons. The van der Waals surface area contributed by atoms with Crippen LogP contribution in [0.3, 0.4) is 0 Å². The average Bonchev–Trinajstić information content (AvgIpc) is 2.74. The molecule has 2 aromatic carbocycles. The summed E-state index contributed by atoms with van der Waals surface area (Å²) in [6, 6.07) is 9.22. The normalized spacial score (nSPS) is 10.2. The van der Waals surface area contributed by atoms with Gasteiger partial charge in [0.2, 0.25) is 0 Å². The van der Waals surface area contributed by atoms with Crippen LogP contribution >= 0.6 is 11.6 Å². The highest BCUT2D eigenvalue weighted by Crippen LogP contribution is 2.28. The Hall–Kier alpha value is -3.06. The third-order valence-corrected chi connectivity index (χ3v) is 4.29. The molecule has 2 aromatic rings. The third-order valence-electron chi connectivity index (χ3n) is 3.96. The van der Waals surface area contributed by atoms with Crippen molar-refractivity contribution in [2.75, 3.05) is 25.1 Å². The Balaban J connectivity index is 2.00. The zero-order valence-corrected chi connectivity index (χ0v) is 17.7. The molecule has 30 heavy (non-hydrogen) atoms. The molecule has 0 bridgehead atoms. The van der Waals surface area contributed by atoms with Gasteiger partial charge in [0.05, 0.1) is 23.8 Å². The van der Waals surface area contributed by atoms with Gasteiger partial charge in [-0.1, -0.05) is 24.9 Å². The van der Waals surface area contributed by atoms with E-state index in [0.717, 1.165) is 12.8 Å². The maximum atomic E-state index is 12.3. The molecule has 2 rings (SSSR count). The summed E-state index contributed by atoms with van der Waals surface area (Å²) in [4.78, 5) is 35.3. The second-order valence-electron chi connectivity index (χ2n) is 6.28. The minimum atomic E-state index is -0.544. The van der Waals surface area contributed by atoms with E-state index in [4.69, 9.17) is 25.8 Å². The fraction of sp³-hybridized carbons (Fsp3) is 0.318. The first-order valence-corrected chi connectivity index (χ1v) is 9.97. The largest absolute Gasteiger partial charge is 0.490 e. The molecule has 0 saturated carbocycles. The number of unbranched alkanes of at least 4 members (excludes halogenated alkanes) is 1. The van der Waals surface area contributed by atoms with Gasteiger partial charge in [-0.3, -0.25) is 9.59 Å². The first-order chi connectivity index (χ1) is 14.5. The molecule has 8 heteroatoms. The Morgan fingerprint density at radius 1 is 1.07 bits per heavy atom. The van der Waals surface area contributed by atoms with Crippen LogP contribution in [-0.4, -0.2) is 38.0 Å². The number of anilines is 1. The molecule has 0 aromatic heterocycles. The number of hydrogen-bond donors (Lipinski definition) is 1. The summed E-state index contributed by atoms with van der Waals surface area (Å²) < 4.78 is 16.1. The molecule has 0 aliphatic carbocycles. The predicted molar refractivity (Wildman–Crippen MR) is 114 cm³/mol. The lowest BCUT2D eigenvalue weighted by Crippen LogP contribution is -2.20. The predicted octanol–water partition coefficient (Wildman–Crippen LogP) is 4.53. The van der Waals surface area contributed by atoms with E-state index in [1.165, 1.54) is 12.1 Å². The number of carbonyl (C=O) groups is 3. The number of benzene rings is 2. The number of hydrogen-bond acceptors (Lipinski definition) is 6. The molecule has 0 fully saturated rings. The molecule has 1 amide bonds. The molecule has 1 N–H and O–H groups in total. The van der Waals surface area contributed by atoms with Gasteiger partial charge in [-0.05, 0) is 49.7 Å². The molecule has 0 aliphatic heterocycles. The SMILES string of the molecule is CCCCOC(=O)c1cc(NC(=O)COc2ccc(C=O)cc2OCC)ccc1Cl. The second kappa shape index (κ2) is 11.8. The summed E-state index contributed by atoms with van der Waals surface area (Å²) in [7, 11) is 0. The number of nitrogens with one attached hydrogen (secondary N) is 1. The van der Waals surface area contributed by atoms with E-state index in [1.807, 2.05) is 6.92 Å². The van der Waals surface area contributed by atoms with Crippen molar-refractivity contribution in [3.05, 3.63) is 52.5 Å². The first kappa shape index (κ1) is 23.2. The fourth-order valence-corrected chi connectivity index (χ4v) is 2.67. The minimum absolute atomic E-state index is 0.176. The van der Waals surface area contributed by atoms with Gasteiger partial charge in [-0.15, -0.1) is 0 Å². The van der Waals surface area contributed by atoms with Crippen molar-refractivity contribution in [1.29, 1.82) is 0 Å². The van der Waals surface area contributed by atoms with Crippen LogP contribution in [0.2, 0.25) is 5.02 Å². The van der Waals surface area contributed by atoms with Crippen LogP contribution in [0.25, 0.3) is 0 Å². The van der Waals surface area contributed by atoms with Gasteiger partial charge in [-0.2, -0.15) is 0 Å². The van der Waals surface area contributed by atoms with Crippen LogP contribution in [0.15, 0.2) is 36.4 Å². The molecule has 0 unspecified atom stereocenters. The molecule has 0 spiro atoms. The van der Waals surface area contributed by atoms with Crippen LogP contribution in [0, 0.1) is 0 Å². The number of esters is 1. The minimum Gasteiger partial charge on any atom is -0.490 e. The standard InChI is InChI=1S/C22H24ClNO6/c1-3-5-10-29-22(27)17-12-16(7-8-18(17)23)24-21(26)14-30-19-9-6-15(13-25)11-20(19)28-4-2/h6-9,11-13H,3-5,10,14H2,1-2H3,(H,24,26). The lowest BCUT2D eigenvalue weighted by atomic mass is 10.2. The highest BCUT2D eigenvalue weighted by molar-refractivity contribution is 6.33. The van der Waals surface area contributed by atoms with Gasteiger partial charge in [0.25, 0.3) is 5.91 Å². The zero-order valence-electron chi connectivity index (χ0n) is 16.9. The van der Waals surface area contributed by atoms with Crippen LogP contribution in [0.5, 0.6) is 11.5 Å². The summed E-state index contributed by atoms with van der Waals surface area (Å²) in [5.74, 6) is -0.269. The second-order valence-corrected chi connectivity index (χ2v) is 6.69. The molecule has 0 radical (unpaired) electrons. The molecule has 0 atom stereocenters. The number of aldehydes is 1. The van der Waals surface area contributed by atoms with E-state index in [9.17, 15) is 14.4 Å². The lowest BCUT2D eigenvalue weighted by molar-refractivity contribution is -0.118. The number of carbonyl (C=O) groups excluding carboxylic acids is 3. The highest BCUT2D eigenvalue weighted by Gasteiger charge is 2.14. The van der Waals surface area contributed by atoms with Gasteiger partial charge in [0, 0.05) is 11.3 Å². The number of rotatable bonds is 11.